The Hall–Kier alpha value is -1.09. The van der Waals surface area contributed by atoms with Crippen molar-refractivity contribution in [2.75, 3.05) is 0 Å². The lowest BCUT2D eigenvalue weighted by molar-refractivity contribution is -0.137. The van der Waals surface area contributed by atoms with E-state index in [1.165, 1.54) is 0 Å². The van der Waals surface area contributed by atoms with Crippen molar-refractivity contribution in [3.63, 3.8) is 0 Å². The number of allylic oxidation sites excluding steroid dienone is 3. The Morgan fingerprint density at radius 1 is 1.36 bits per heavy atom. The van der Waals surface area contributed by atoms with E-state index >= 15 is 0 Å². The van der Waals surface area contributed by atoms with Gasteiger partial charge in [-0.1, -0.05) is 18.2 Å². The first-order valence-electron chi connectivity index (χ1n) is 4.82. The Balaban J connectivity index is 3.38. The lowest BCUT2D eigenvalue weighted by Crippen LogP contribution is -2.08. The summed E-state index contributed by atoms with van der Waals surface area (Å²) in [6, 6.07) is 0. The topological polar surface area (TPSA) is 57.5 Å². The standard InChI is InChI=1S/C11H18O3/c1-2-3-4-5-6-7-10(12)8-9-11(13)14/h2,4-5,10,12H,1,3,6-9H2,(H,13,14)/b5-4+. The SMILES string of the molecule is C=CC/C=C/CCC(O)CCC(=O)O. The highest BCUT2D eigenvalue weighted by molar-refractivity contribution is 5.66. The third-order valence-electron chi connectivity index (χ3n) is 1.83. The smallest absolute Gasteiger partial charge is 0.303 e. The number of aliphatic carboxylic acids is 1. The Kier molecular flexibility index (Phi) is 7.84. The monoisotopic (exact) mass is 198 g/mol. The number of carboxylic acids is 1. The highest BCUT2D eigenvalue weighted by atomic mass is 16.4. The molecule has 0 rings (SSSR count). The van der Waals surface area contributed by atoms with Crippen LogP contribution in [0.15, 0.2) is 24.8 Å². The molecule has 0 bridgehead atoms. The molecule has 14 heavy (non-hydrogen) atoms. The molecule has 0 aromatic heterocycles. The van der Waals surface area contributed by atoms with E-state index in [4.69, 9.17) is 5.11 Å². The van der Waals surface area contributed by atoms with Gasteiger partial charge in [0.2, 0.25) is 0 Å². The molecule has 0 saturated heterocycles. The summed E-state index contributed by atoms with van der Waals surface area (Å²) >= 11 is 0. The summed E-state index contributed by atoms with van der Waals surface area (Å²) in [5, 5.41) is 17.7. The maximum absolute atomic E-state index is 10.2. The predicted molar refractivity (Wildman–Crippen MR) is 56.1 cm³/mol. The molecule has 3 nitrogen and oxygen atoms in total. The summed E-state index contributed by atoms with van der Waals surface area (Å²) in [7, 11) is 0. The fourth-order valence-electron chi connectivity index (χ4n) is 1.03. The van der Waals surface area contributed by atoms with Crippen LogP contribution in [0.3, 0.4) is 0 Å². The van der Waals surface area contributed by atoms with Gasteiger partial charge in [-0.2, -0.15) is 0 Å². The quantitative estimate of drug-likeness (QED) is 0.587. The molecular weight excluding hydrogens is 180 g/mol. The normalized spacial score (nSPS) is 12.9. The third-order valence-corrected chi connectivity index (χ3v) is 1.83. The predicted octanol–water partition coefficient (Wildman–Crippen LogP) is 2.12. The fraction of sp³-hybridized carbons (Fsp3) is 0.545. The van der Waals surface area contributed by atoms with E-state index in [2.05, 4.69) is 6.58 Å². The first-order chi connectivity index (χ1) is 6.66. The second-order valence-corrected chi connectivity index (χ2v) is 3.16. The first-order valence-corrected chi connectivity index (χ1v) is 4.82. The summed E-state index contributed by atoms with van der Waals surface area (Å²) in [5.74, 6) is -0.855. The van der Waals surface area contributed by atoms with Gasteiger partial charge >= 0.3 is 5.97 Å². The van der Waals surface area contributed by atoms with Crippen LogP contribution < -0.4 is 0 Å². The van der Waals surface area contributed by atoms with Gasteiger partial charge < -0.3 is 10.2 Å². The maximum Gasteiger partial charge on any atom is 0.303 e. The van der Waals surface area contributed by atoms with Crippen LogP contribution in [0.1, 0.15) is 32.1 Å². The number of aliphatic hydroxyl groups excluding tert-OH is 1. The molecule has 0 aromatic carbocycles. The average Bonchev–Trinajstić information content (AvgIpc) is 2.14. The molecule has 0 heterocycles. The van der Waals surface area contributed by atoms with Gasteiger partial charge in [-0.3, -0.25) is 4.79 Å². The molecule has 0 aliphatic heterocycles. The van der Waals surface area contributed by atoms with Crippen molar-refractivity contribution in [2.24, 2.45) is 0 Å². The van der Waals surface area contributed by atoms with Gasteiger partial charge in [0.05, 0.1) is 6.10 Å². The van der Waals surface area contributed by atoms with E-state index in [9.17, 15) is 9.90 Å². The maximum atomic E-state index is 10.2. The average molecular weight is 198 g/mol. The van der Waals surface area contributed by atoms with Crippen LogP contribution in [0.2, 0.25) is 0 Å². The van der Waals surface area contributed by atoms with Crippen LogP contribution in [-0.4, -0.2) is 22.3 Å². The Morgan fingerprint density at radius 2 is 2.07 bits per heavy atom. The molecule has 0 fully saturated rings. The third kappa shape index (κ3) is 9.00. The molecule has 0 aromatic rings. The van der Waals surface area contributed by atoms with Crippen molar-refractivity contribution in [3.8, 4) is 0 Å². The Labute approximate surface area is 84.8 Å². The molecule has 1 atom stereocenters. The zero-order chi connectivity index (χ0) is 10.8. The minimum absolute atomic E-state index is 0.0392. The van der Waals surface area contributed by atoms with Crippen molar-refractivity contribution in [2.45, 2.75) is 38.2 Å². The van der Waals surface area contributed by atoms with E-state index in [0.717, 1.165) is 12.8 Å². The van der Waals surface area contributed by atoms with Gasteiger partial charge in [-0.15, -0.1) is 6.58 Å². The molecule has 1 unspecified atom stereocenters. The number of carboxylic acid groups (broad SMARTS) is 1. The molecule has 0 saturated carbocycles. The van der Waals surface area contributed by atoms with Crippen LogP contribution in [-0.2, 0) is 4.79 Å². The number of hydrogen-bond donors (Lipinski definition) is 2. The van der Waals surface area contributed by atoms with Gasteiger partial charge in [0, 0.05) is 6.42 Å². The lowest BCUT2D eigenvalue weighted by atomic mass is 10.1. The summed E-state index contributed by atoms with van der Waals surface area (Å²) in [5.41, 5.74) is 0. The zero-order valence-corrected chi connectivity index (χ0v) is 8.35. The molecule has 0 aliphatic rings. The largest absolute Gasteiger partial charge is 0.481 e. The second-order valence-electron chi connectivity index (χ2n) is 3.16. The molecular formula is C11H18O3. The fourth-order valence-corrected chi connectivity index (χ4v) is 1.03. The van der Waals surface area contributed by atoms with E-state index in [1.54, 1.807) is 6.08 Å². The van der Waals surface area contributed by atoms with Crippen molar-refractivity contribution < 1.29 is 15.0 Å². The minimum atomic E-state index is -0.855. The van der Waals surface area contributed by atoms with Crippen LogP contribution in [0, 0.1) is 0 Å². The van der Waals surface area contributed by atoms with Crippen molar-refractivity contribution >= 4 is 5.97 Å². The number of hydrogen-bond acceptors (Lipinski definition) is 2. The highest BCUT2D eigenvalue weighted by Gasteiger charge is 2.05. The van der Waals surface area contributed by atoms with Gasteiger partial charge in [-0.05, 0) is 25.7 Å². The summed E-state index contributed by atoms with van der Waals surface area (Å²) in [6.07, 6.45) is 7.89. The number of rotatable bonds is 8. The van der Waals surface area contributed by atoms with E-state index in [0.29, 0.717) is 12.8 Å². The van der Waals surface area contributed by atoms with E-state index in [-0.39, 0.29) is 6.42 Å². The molecule has 0 amide bonds. The zero-order valence-electron chi connectivity index (χ0n) is 8.35. The summed E-state index contributed by atoms with van der Waals surface area (Å²) < 4.78 is 0. The van der Waals surface area contributed by atoms with Gasteiger partial charge in [0.1, 0.15) is 0 Å². The highest BCUT2D eigenvalue weighted by Crippen LogP contribution is 2.05. The molecule has 80 valence electrons. The Bertz CT molecular complexity index is 197. The lowest BCUT2D eigenvalue weighted by Gasteiger charge is -2.06. The van der Waals surface area contributed by atoms with Crippen molar-refractivity contribution in [3.05, 3.63) is 24.8 Å². The molecule has 3 heteroatoms. The van der Waals surface area contributed by atoms with Gasteiger partial charge in [0.25, 0.3) is 0 Å². The summed E-state index contributed by atoms with van der Waals surface area (Å²) in [6.45, 7) is 3.58. The van der Waals surface area contributed by atoms with Crippen LogP contribution in [0.5, 0.6) is 0 Å². The number of aliphatic hydroxyl groups is 1. The summed E-state index contributed by atoms with van der Waals surface area (Å²) in [4.78, 5) is 10.2. The molecule has 2 N–H and O–H groups in total. The van der Waals surface area contributed by atoms with Crippen LogP contribution in [0.4, 0.5) is 0 Å². The van der Waals surface area contributed by atoms with Crippen LogP contribution in [0.25, 0.3) is 0 Å². The van der Waals surface area contributed by atoms with Gasteiger partial charge in [0.15, 0.2) is 0 Å². The van der Waals surface area contributed by atoms with Crippen LogP contribution >= 0.6 is 0 Å². The minimum Gasteiger partial charge on any atom is -0.481 e. The van der Waals surface area contributed by atoms with Crippen molar-refractivity contribution in [1.29, 1.82) is 0 Å². The van der Waals surface area contributed by atoms with E-state index in [1.807, 2.05) is 12.2 Å². The second kappa shape index (κ2) is 8.51. The number of carbonyl (C=O) groups is 1. The van der Waals surface area contributed by atoms with Gasteiger partial charge in [-0.25, -0.2) is 0 Å². The van der Waals surface area contributed by atoms with Crippen molar-refractivity contribution in [1.82, 2.24) is 0 Å². The Morgan fingerprint density at radius 3 is 2.64 bits per heavy atom. The van der Waals surface area contributed by atoms with E-state index < -0.39 is 12.1 Å². The molecule has 0 radical (unpaired) electrons. The molecule has 0 spiro atoms. The first kappa shape index (κ1) is 12.9. The molecule has 0 aliphatic carbocycles.